The summed E-state index contributed by atoms with van der Waals surface area (Å²) in [4.78, 5) is 27.8. The highest BCUT2D eigenvalue weighted by Gasteiger charge is 2.38. The van der Waals surface area contributed by atoms with Gasteiger partial charge in [0.25, 0.3) is 5.90 Å². The van der Waals surface area contributed by atoms with Gasteiger partial charge in [-0.2, -0.15) is 9.98 Å². The molecule has 1 aliphatic heterocycles. The number of carbonyl (C=O) groups is 1. The van der Waals surface area contributed by atoms with E-state index in [9.17, 15) is 4.79 Å². The van der Waals surface area contributed by atoms with Crippen LogP contribution < -0.4 is 0 Å². The van der Waals surface area contributed by atoms with Crippen LogP contribution in [0.15, 0.2) is 34.4 Å². The maximum Gasteiger partial charge on any atom is 0.319 e. The number of hydrogen-bond donors (Lipinski definition) is 0. The Morgan fingerprint density at radius 3 is 2.22 bits per heavy atom. The summed E-state index contributed by atoms with van der Waals surface area (Å²) in [5, 5.41) is 4.62. The van der Waals surface area contributed by atoms with Crippen LogP contribution in [0, 0.1) is 0 Å². The van der Waals surface area contributed by atoms with Crippen LogP contribution in [0.5, 0.6) is 0 Å². The van der Waals surface area contributed by atoms with Crippen molar-refractivity contribution in [3.05, 3.63) is 34.9 Å². The Bertz CT molecular complexity index is 830. The molecule has 1 aliphatic rings. The van der Waals surface area contributed by atoms with Gasteiger partial charge in [-0.25, -0.2) is 0 Å². The third kappa shape index (κ3) is 7.41. The Balaban J connectivity index is 2.31. The van der Waals surface area contributed by atoms with E-state index in [4.69, 9.17) is 35.3 Å². The first-order valence-corrected chi connectivity index (χ1v) is 12.1. The SMILES string of the molecule is CCOP(OCC)C(CC1=NC(C(C)(C)c2ccc(Cl)cc2)=NOO1)C(=O)OC(C)(C)C. The summed E-state index contributed by atoms with van der Waals surface area (Å²) in [6.07, 6.45) is 0.0797. The van der Waals surface area contributed by atoms with E-state index < -0.39 is 31.0 Å². The largest absolute Gasteiger partial charge is 0.459 e. The van der Waals surface area contributed by atoms with Crippen molar-refractivity contribution in [1.29, 1.82) is 0 Å². The van der Waals surface area contributed by atoms with E-state index in [-0.39, 0.29) is 12.3 Å². The second-order valence-corrected chi connectivity index (χ2v) is 10.7. The quantitative estimate of drug-likeness (QED) is 0.237. The lowest BCUT2D eigenvalue weighted by Crippen LogP contribution is -2.35. The Morgan fingerprint density at radius 1 is 1.09 bits per heavy atom. The Hall–Kier alpha value is -1.73. The molecule has 0 fully saturated rings. The van der Waals surface area contributed by atoms with Crippen molar-refractivity contribution < 1.29 is 28.5 Å². The molecule has 0 radical (unpaired) electrons. The van der Waals surface area contributed by atoms with Gasteiger partial charge in [-0.1, -0.05) is 23.7 Å². The van der Waals surface area contributed by atoms with E-state index in [0.717, 1.165) is 5.56 Å². The van der Waals surface area contributed by atoms with Crippen LogP contribution in [-0.2, 0) is 33.9 Å². The molecule has 1 aromatic carbocycles. The van der Waals surface area contributed by atoms with Gasteiger partial charge >= 0.3 is 5.97 Å². The fourth-order valence-electron chi connectivity index (χ4n) is 2.83. The molecule has 0 spiro atoms. The number of rotatable bonds is 10. The van der Waals surface area contributed by atoms with E-state index in [2.05, 4.69) is 10.1 Å². The molecule has 0 saturated carbocycles. The Kier molecular flexibility index (Phi) is 9.46. The fraction of sp³-hybridized carbons (Fsp3) is 0.591. The number of ether oxygens (including phenoxy) is 1. The van der Waals surface area contributed by atoms with Crippen molar-refractivity contribution >= 4 is 37.7 Å². The van der Waals surface area contributed by atoms with Crippen LogP contribution in [0.1, 0.15) is 60.5 Å². The minimum Gasteiger partial charge on any atom is -0.459 e. The molecule has 32 heavy (non-hydrogen) atoms. The number of oxime groups is 1. The molecule has 0 bridgehead atoms. The van der Waals surface area contributed by atoms with Crippen molar-refractivity contribution in [2.45, 2.75) is 71.6 Å². The molecule has 0 saturated heterocycles. The molecule has 1 atom stereocenters. The van der Waals surface area contributed by atoms with Crippen molar-refractivity contribution in [3.8, 4) is 0 Å². The first kappa shape index (κ1) is 26.5. The highest BCUT2D eigenvalue weighted by Crippen LogP contribution is 2.46. The van der Waals surface area contributed by atoms with Gasteiger partial charge in [0.05, 0.1) is 25.0 Å². The van der Waals surface area contributed by atoms with Gasteiger partial charge in [0, 0.05) is 5.02 Å². The van der Waals surface area contributed by atoms with Crippen LogP contribution in [-0.4, -0.2) is 42.2 Å². The number of halogens is 1. The molecule has 0 aromatic heterocycles. The van der Waals surface area contributed by atoms with Crippen molar-refractivity contribution in [3.63, 3.8) is 0 Å². The van der Waals surface area contributed by atoms with Gasteiger partial charge in [-0.3, -0.25) is 9.68 Å². The van der Waals surface area contributed by atoms with Crippen LogP contribution in [0.4, 0.5) is 0 Å². The first-order chi connectivity index (χ1) is 15.0. The number of carbonyl (C=O) groups excluding carboxylic acids is 1. The third-order valence-corrected chi connectivity index (χ3v) is 6.61. The summed E-state index contributed by atoms with van der Waals surface area (Å²) in [6.45, 7) is 13.8. The normalized spacial score (nSPS) is 15.4. The van der Waals surface area contributed by atoms with E-state index in [1.54, 1.807) is 12.1 Å². The lowest BCUT2D eigenvalue weighted by molar-refractivity contribution is -0.228. The molecule has 8 nitrogen and oxygen atoms in total. The number of aliphatic imine (C=N–C) groups is 1. The monoisotopic (exact) mass is 486 g/mol. The average molecular weight is 487 g/mol. The van der Waals surface area contributed by atoms with Crippen molar-refractivity contribution in [2.75, 3.05) is 13.2 Å². The molecule has 10 heteroatoms. The van der Waals surface area contributed by atoms with Crippen molar-refractivity contribution in [1.82, 2.24) is 0 Å². The van der Waals surface area contributed by atoms with Gasteiger partial charge in [-0.15, -0.1) is 0 Å². The maximum absolute atomic E-state index is 13.0. The average Bonchev–Trinajstić information content (AvgIpc) is 2.71. The minimum atomic E-state index is -1.58. The molecule has 0 aliphatic carbocycles. The second kappa shape index (κ2) is 11.4. The predicted octanol–water partition coefficient (Wildman–Crippen LogP) is 5.78. The molecule has 1 heterocycles. The summed E-state index contributed by atoms with van der Waals surface area (Å²) >= 11 is 6.02. The first-order valence-electron chi connectivity index (χ1n) is 10.5. The lowest BCUT2D eigenvalue weighted by Gasteiger charge is -2.29. The Morgan fingerprint density at radius 2 is 1.69 bits per heavy atom. The van der Waals surface area contributed by atoms with Gasteiger partial charge in [-0.05, 0) is 71.3 Å². The van der Waals surface area contributed by atoms with Gasteiger partial charge < -0.3 is 13.8 Å². The van der Waals surface area contributed by atoms with Gasteiger partial charge in [0.2, 0.25) is 0 Å². The molecule has 1 unspecified atom stereocenters. The number of nitrogens with zero attached hydrogens (tertiary/aromatic N) is 2. The summed E-state index contributed by atoms with van der Waals surface area (Å²) in [7, 11) is -1.58. The summed E-state index contributed by atoms with van der Waals surface area (Å²) < 4.78 is 17.1. The highest BCUT2D eigenvalue weighted by molar-refractivity contribution is 7.49. The van der Waals surface area contributed by atoms with Crippen LogP contribution in [0.2, 0.25) is 5.02 Å². The zero-order valence-electron chi connectivity index (χ0n) is 19.7. The number of esters is 1. The molecule has 2 rings (SSSR count). The minimum absolute atomic E-state index is 0.0797. The predicted molar refractivity (Wildman–Crippen MR) is 126 cm³/mol. The smallest absolute Gasteiger partial charge is 0.319 e. The lowest BCUT2D eigenvalue weighted by atomic mass is 9.83. The van der Waals surface area contributed by atoms with Crippen LogP contribution in [0.3, 0.4) is 0 Å². The molecule has 1 aromatic rings. The fourth-order valence-corrected chi connectivity index (χ4v) is 4.43. The highest BCUT2D eigenvalue weighted by atomic mass is 35.5. The van der Waals surface area contributed by atoms with Crippen molar-refractivity contribution in [2.24, 2.45) is 10.1 Å². The number of hydrogen-bond acceptors (Lipinski definition) is 8. The summed E-state index contributed by atoms with van der Waals surface area (Å²) in [5.74, 6) is 0.152. The third-order valence-electron chi connectivity index (χ3n) is 4.43. The Labute approximate surface area is 196 Å². The summed E-state index contributed by atoms with van der Waals surface area (Å²) in [6, 6.07) is 7.42. The topological polar surface area (TPSA) is 87.9 Å². The molecule has 0 amide bonds. The maximum atomic E-state index is 13.0. The van der Waals surface area contributed by atoms with E-state index >= 15 is 0 Å². The second-order valence-electron chi connectivity index (χ2n) is 8.58. The molecular formula is C22H32ClN2O6P. The summed E-state index contributed by atoms with van der Waals surface area (Å²) in [5.41, 5.74) is -1.05. The van der Waals surface area contributed by atoms with Gasteiger partial charge in [0.15, 0.2) is 14.2 Å². The van der Waals surface area contributed by atoms with Crippen LogP contribution in [0.25, 0.3) is 0 Å². The molecule has 0 N–H and O–H groups in total. The van der Waals surface area contributed by atoms with Crippen LogP contribution >= 0.6 is 20.0 Å². The van der Waals surface area contributed by atoms with E-state index in [0.29, 0.717) is 24.1 Å². The zero-order chi connectivity index (χ0) is 23.9. The zero-order valence-corrected chi connectivity index (χ0v) is 21.3. The molecule has 178 valence electrons. The number of amidine groups is 1. The van der Waals surface area contributed by atoms with Gasteiger partial charge in [0.1, 0.15) is 11.3 Å². The number of benzene rings is 1. The van der Waals surface area contributed by atoms with E-state index in [1.165, 1.54) is 0 Å². The molecular weight excluding hydrogens is 455 g/mol. The standard InChI is InChI=1S/C22H32ClN2O6P/c1-8-27-32(28-9-2)17(19(26)29-21(3,4)5)14-18-24-20(25-31-30-18)22(6,7)15-10-12-16(23)13-11-15/h10-13,17H,8-9,14H2,1-7H3. The van der Waals surface area contributed by atoms with E-state index in [1.807, 2.05) is 60.6 Å².